The first kappa shape index (κ1) is 28.5. The number of nitrogens with one attached hydrogen (secondary N) is 2. The lowest BCUT2D eigenvalue weighted by atomic mass is 10.0. The molecule has 1 atom stereocenters. The molecule has 0 spiro atoms. The second kappa shape index (κ2) is 17.6. The van der Waals surface area contributed by atoms with Gasteiger partial charge in [0.2, 0.25) is 5.91 Å². The summed E-state index contributed by atoms with van der Waals surface area (Å²) in [4.78, 5) is 47.4. The van der Waals surface area contributed by atoms with Crippen molar-refractivity contribution in [2.75, 3.05) is 59.3 Å². The summed E-state index contributed by atoms with van der Waals surface area (Å²) in [6.07, 6.45) is 11.1. The quantitative estimate of drug-likeness (QED) is 0.185. The largest absolute Gasteiger partial charge is 0.446 e. The van der Waals surface area contributed by atoms with Gasteiger partial charge in [0.15, 0.2) is 0 Å². The lowest BCUT2D eigenvalue weighted by molar-refractivity contribution is -0.137. The van der Waals surface area contributed by atoms with Crippen molar-refractivity contribution in [2.24, 2.45) is 0 Å². The second-order valence-electron chi connectivity index (χ2n) is 8.03. The summed E-state index contributed by atoms with van der Waals surface area (Å²) in [7, 11) is 0. The zero-order valence-electron chi connectivity index (χ0n) is 20.2. The molecule has 2 aliphatic rings. The van der Waals surface area contributed by atoms with E-state index in [1.807, 2.05) is 0 Å². The summed E-state index contributed by atoms with van der Waals surface area (Å²) < 4.78 is 21.6. The minimum Gasteiger partial charge on any atom is -0.446 e. The minimum absolute atomic E-state index is 0.0239. The number of nitrogens with zero attached hydrogens (tertiary/aromatic N) is 1. The molecule has 35 heavy (non-hydrogen) atoms. The van der Waals surface area contributed by atoms with Crippen LogP contribution in [0.3, 0.4) is 0 Å². The molecule has 0 radical (unpaired) electrons. The Balaban J connectivity index is 1.31. The van der Waals surface area contributed by atoms with Crippen molar-refractivity contribution in [3.05, 3.63) is 24.3 Å². The maximum atomic E-state index is 11.8. The summed E-state index contributed by atoms with van der Waals surface area (Å²) in [5, 5.41) is 5.37. The van der Waals surface area contributed by atoms with E-state index in [0.717, 1.165) is 37.0 Å². The van der Waals surface area contributed by atoms with Gasteiger partial charge in [0.25, 0.3) is 11.8 Å². The van der Waals surface area contributed by atoms with E-state index in [4.69, 9.17) is 18.9 Å². The number of allylic oxidation sites excluding steroid dienone is 2. The van der Waals surface area contributed by atoms with Gasteiger partial charge in [-0.25, -0.2) is 4.79 Å². The van der Waals surface area contributed by atoms with Crippen molar-refractivity contribution in [3.8, 4) is 0 Å². The highest BCUT2D eigenvalue weighted by molar-refractivity contribution is 6.13. The van der Waals surface area contributed by atoms with E-state index in [1.165, 1.54) is 12.2 Å². The highest BCUT2D eigenvalue weighted by Gasteiger charge is 2.23. The van der Waals surface area contributed by atoms with Crippen molar-refractivity contribution < 1.29 is 38.1 Å². The third-order valence-corrected chi connectivity index (χ3v) is 5.28. The molecule has 196 valence electrons. The van der Waals surface area contributed by atoms with E-state index in [1.54, 1.807) is 0 Å². The SMILES string of the molecule is O=C(CCN1C(=O)C=CC1=O)NCCOCCOCCOCCNC(=O)O[C@@H]1CCC=CCCC1. The maximum Gasteiger partial charge on any atom is 0.407 e. The van der Waals surface area contributed by atoms with Gasteiger partial charge in [-0.1, -0.05) is 12.2 Å². The van der Waals surface area contributed by atoms with E-state index in [2.05, 4.69) is 22.8 Å². The highest BCUT2D eigenvalue weighted by atomic mass is 16.6. The Bertz CT molecular complexity index is 722. The van der Waals surface area contributed by atoms with Crippen LogP contribution < -0.4 is 10.6 Å². The fourth-order valence-electron chi connectivity index (χ4n) is 3.42. The molecule has 2 N–H and O–H groups in total. The van der Waals surface area contributed by atoms with Crippen LogP contribution in [0.2, 0.25) is 0 Å². The predicted octanol–water partition coefficient (Wildman–Crippen LogP) is 1.08. The number of carbonyl (C=O) groups excluding carboxylic acids is 4. The average Bonchev–Trinajstić information content (AvgIpc) is 3.14. The standard InChI is InChI=1S/C24H37N3O8/c28-21(10-13-27-22(29)8-9-23(27)30)25-11-14-32-16-18-34-19-17-33-15-12-26-24(31)35-20-6-4-2-1-3-5-7-20/h1-2,8-9,20H,3-7,10-19H2,(H,25,28)(H,26,31)/t20-/m1/s1. The van der Waals surface area contributed by atoms with Crippen LogP contribution in [0.4, 0.5) is 4.79 Å². The first-order chi connectivity index (χ1) is 17.1. The minimum atomic E-state index is -0.401. The van der Waals surface area contributed by atoms with E-state index < -0.39 is 17.9 Å². The van der Waals surface area contributed by atoms with Gasteiger partial charge in [0.05, 0.1) is 39.6 Å². The summed E-state index contributed by atoms with van der Waals surface area (Å²) in [5.74, 6) is -1.05. The Morgan fingerprint density at radius 2 is 1.43 bits per heavy atom. The van der Waals surface area contributed by atoms with Crippen LogP contribution in [0, 0.1) is 0 Å². The van der Waals surface area contributed by atoms with Gasteiger partial charge in [-0.15, -0.1) is 0 Å². The Morgan fingerprint density at radius 3 is 2.11 bits per heavy atom. The van der Waals surface area contributed by atoms with Gasteiger partial charge in [-0.2, -0.15) is 0 Å². The molecule has 1 aliphatic heterocycles. The molecular weight excluding hydrogens is 458 g/mol. The molecule has 11 nitrogen and oxygen atoms in total. The van der Waals surface area contributed by atoms with Crippen LogP contribution in [0.15, 0.2) is 24.3 Å². The monoisotopic (exact) mass is 495 g/mol. The van der Waals surface area contributed by atoms with Crippen molar-refractivity contribution in [1.82, 2.24) is 15.5 Å². The zero-order chi connectivity index (χ0) is 25.1. The van der Waals surface area contributed by atoms with Gasteiger partial charge in [-0.3, -0.25) is 19.3 Å². The van der Waals surface area contributed by atoms with Gasteiger partial charge in [0.1, 0.15) is 6.10 Å². The van der Waals surface area contributed by atoms with E-state index in [9.17, 15) is 19.2 Å². The fourth-order valence-corrected chi connectivity index (χ4v) is 3.42. The van der Waals surface area contributed by atoms with Crippen LogP contribution >= 0.6 is 0 Å². The zero-order valence-corrected chi connectivity index (χ0v) is 20.2. The van der Waals surface area contributed by atoms with Gasteiger partial charge < -0.3 is 29.6 Å². The Kier molecular flexibility index (Phi) is 14.4. The van der Waals surface area contributed by atoms with E-state index in [-0.39, 0.29) is 25.0 Å². The Morgan fingerprint density at radius 1 is 0.829 bits per heavy atom. The molecule has 4 amide bonds. The van der Waals surface area contributed by atoms with Gasteiger partial charge in [-0.05, 0) is 32.1 Å². The molecule has 2 rings (SSSR count). The fraction of sp³-hybridized carbons (Fsp3) is 0.667. The number of imide groups is 1. The lowest BCUT2D eigenvalue weighted by Crippen LogP contribution is -2.35. The maximum absolute atomic E-state index is 11.8. The third kappa shape index (κ3) is 13.1. The number of carbonyl (C=O) groups is 4. The molecule has 0 unspecified atom stereocenters. The van der Waals surface area contributed by atoms with Crippen molar-refractivity contribution in [2.45, 2.75) is 44.6 Å². The molecule has 1 heterocycles. The number of ether oxygens (including phenoxy) is 4. The molecule has 0 saturated carbocycles. The normalized spacial score (nSPS) is 17.8. The lowest BCUT2D eigenvalue weighted by Gasteiger charge is -2.18. The van der Waals surface area contributed by atoms with E-state index in [0.29, 0.717) is 52.7 Å². The second-order valence-corrected chi connectivity index (χ2v) is 8.03. The van der Waals surface area contributed by atoms with Crippen molar-refractivity contribution >= 4 is 23.8 Å². The number of rotatable bonds is 16. The number of hydrogen-bond donors (Lipinski definition) is 2. The molecule has 0 aromatic carbocycles. The number of alkyl carbamates (subject to hydrolysis) is 1. The Hall–Kier alpha value is -2.76. The molecule has 0 fully saturated rings. The first-order valence-electron chi connectivity index (χ1n) is 12.2. The molecule has 0 aromatic rings. The van der Waals surface area contributed by atoms with Crippen molar-refractivity contribution in [3.63, 3.8) is 0 Å². The number of amides is 4. The summed E-state index contributed by atoms with van der Waals surface area (Å²) in [5.41, 5.74) is 0. The first-order valence-corrected chi connectivity index (χ1v) is 12.2. The third-order valence-electron chi connectivity index (χ3n) is 5.28. The summed E-state index contributed by atoms with van der Waals surface area (Å²) in [6.45, 7) is 3.05. The summed E-state index contributed by atoms with van der Waals surface area (Å²) >= 11 is 0. The van der Waals surface area contributed by atoms with Crippen LogP contribution in [0.25, 0.3) is 0 Å². The smallest absolute Gasteiger partial charge is 0.407 e. The Labute approximate surface area is 206 Å². The van der Waals surface area contributed by atoms with E-state index >= 15 is 0 Å². The molecule has 0 bridgehead atoms. The number of hydrogen-bond acceptors (Lipinski definition) is 8. The summed E-state index contributed by atoms with van der Waals surface area (Å²) in [6, 6.07) is 0. The van der Waals surface area contributed by atoms with Crippen LogP contribution in [-0.2, 0) is 33.3 Å². The van der Waals surface area contributed by atoms with Gasteiger partial charge in [0, 0.05) is 38.2 Å². The van der Waals surface area contributed by atoms with Crippen LogP contribution in [-0.4, -0.2) is 94.1 Å². The molecule has 0 aromatic heterocycles. The molecule has 1 aliphatic carbocycles. The van der Waals surface area contributed by atoms with Crippen LogP contribution in [0.5, 0.6) is 0 Å². The van der Waals surface area contributed by atoms with Gasteiger partial charge >= 0.3 is 6.09 Å². The molecular formula is C24H37N3O8. The van der Waals surface area contributed by atoms with Crippen LogP contribution in [0.1, 0.15) is 38.5 Å². The molecule has 0 saturated heterocycles. The average molecular weight is 496 g/mol. The van der Waals surface area contributed by atoms with Crippen molar-refractivity contribution in [1.29, 1.82) is 0 Å². The topological polar surface area (TPSA) is 132 Å². The molecule has 11 heteroatoms. The predicted molar refractivity (Wildman–Crippen MR) is 126 cm³/mol. The highest BCUT2D eigenvalue weighted by Crippen LogP contribution is 2.15.